The molecule has 0 spiro atoms. The zero-order chi connectivity index (χ0) is 14.7. The van der Waals surface area contributed by atoms with Crippen LogP contribution in [-0.4, -0.2) is 35.9 Å². The summed E-state index contributed by atoms with van der Waals surface area (Å²) in [7, 11) is 0. The van der Waals surface area contributed by atoms with Crippen molar-refractivity contribution in [1.29, 1.82) is 0 Å². The summed E-state index contributed by atoms with van der Waals surface area (Å²) in [5.41, 5.74) is 2.68. The standard InChI is InChI=1S/C15H19N3O2S.ClH/c19-14-4-2-10-1-3-11(7-13(10)18-14)17-15(20)8-12-9-21-6-5-16-12;/h1,3,7,12,16H,2,4-6,8-9H2,(H,17,20)(H,18,19);1H. The van der Waals surface area contributed by atoms with Gasteiger partial charge in [-0.15, -0.1) is 12.4 Å². The zero-order valence-electron chi connectivity index (χ0n) is 12.2. The zero-order valence-corrected chi connectivity index (χ0v) is 13.8. The van der Waals surface area contributed by atoms with Crippen molar-refractivity contribution in [2.75, 3.05) is 28.7 Å². The molecule has 0 radical (unpaired) electrons. The second-order valence-corrected chi connectivity index (χ2v) is 6.55. The number of aryl methyl sites for hydroxylation is 1. The monoisotopic (exact) mass is 341 g/mol. The van der Waals surface area contributed by atoms with Gasteiger partial charge in [-0.2, -0.15) is 11.8 Å². The van der Waals surface area contributed by atoms with Crippen LogP contribution in [0.5, 0.6) is 0 Å². The number of hydrogen-bond donors (Lipinski definition) is 3. The fraction of sp³-hybridized carbons (Fsp3) is 0.467. The number of carbonyl (C=O) groups excluding carboxylic acids is 2. The Balaban J connectivity index is 0.00000176. The van der Waals surface area contributed by atoms with Gasteiger partial charge in [0.05, 0.1) is 0 Å². The molecule has 3 rings (SSSR count). The molecule has 120 valence electrons. The van der Waals surface area contributed by atoms with Crippen molar-refractivity contribution in [3.8, 4) is 0 Å². The number of nitrogens with one attached hydrogen (secondary N) is 3. The smallest absolute Gasteiger partial charge is 0.225 e. The van der Waals surface area contributed by atoms with E-state index in [4.69, 9.17) is 0 Å². The molecule has 0 saturated carbocycles. The minimum Gasteiger partial charge on any atom is -0.326 e. The summed E-state index contributed by atoms with van der Waals surface area (Å²) in [5.74, 6) is 2.14. The van der Waals surface area contributed by atoms with E-state index in [9.17, 15) is 9.59 Å². The first-order valence-electron chi connectivity index (χ1n) is 7.24. The lowest BCUT2D eigenvalue weighted by atomic mass is 10.0. The van der Waals surface area contributed by atoms with Gasteiger partial charge in [-0.05, 0) is 24.1 Å². The van der Waals surface area contributed by atoms with Crippen LogP contribution in [-0.2, 0) is 16.0 Å². The molecule has 3 N–H and O–H groups in total. The highest BCUT2D eigenvalue weighted by molar-refractivity contribution is 7.99. The number of thioether (sulfide) groups is 1. The Morgan fingerprint density at radius 3 is 3.00 bits per heavy atom. The maximum Gasteiger partial charge on any atom is 0.225 e. The lowest BCUT2D eigenvalue weighted by Gasteiger charge is -2.22. The quantitative estimate of drug-likeness (QED) is 0.786. The van der Waals surface area contributed by atoms with Crippen LogP contribution >= 0.6 is 24.2 Å². The second kappa shape index (κ2) is 7.85. The highest BCUT2D eigenvalue weighted by Gasteiger charge is 2.18. The summed E-state index contributed by atoms with van der Waals surface area (Å²) >= 11 is 1.88. The Kier molecular flexibility index (Phi) is 6.11. The summed E-state index contributed by atoms with van der Waals surface area (Å²) in [4.78, 5) is 23.5. The van der Waals surface area contributed by atoms with E-state index in [0.29, 0.717) is 12.8 Å². The first-order valence-corrected chi connectivity index (χ1v) is 8.40. The molecule has 2 amide bonds. The Morgan fingerprint density at radius 2 is 2.23 bits per heavy atom. The van der Waals surface area contributed by atoms with Gasteiger partial charge in [0, 0.05) is 48.3 Å². The molecule has 22 heavy (non-hydrogen) atoms. The molecule has 2 aliphatic rings. The van der Waals surface area contributed by atoms with Gasteiger partial charge in [0.2, 0.25) is 11.8 Å². The number of fused-ring (bicyclic) bond motifs is 1. The lowest BCUT2D eigenvalue weighted by molar-refractivity contribution is -0.117. The molecular formula is C15H20ClN3O2S. The molecule has 1 atom stereocenters. The molecule has 7 heteroatoms. The third-order valence-corrected chi connectivity index (χ3v) is 4.85. The van der Waals surface area contributed by atoms with Gasteiger partial charge in [0.25, 0.3) is 0 Å². The number of halogens is 1. The summed E-state index contributed by atoms with van der Waals surface area (Å²) in [6.45, 7) is 0.966. The maximum atomic E-state index is 12.1. The first-order chi connectivity index (χ1) is 10.2. The number of carbonyl (C=O) groups is 2. The van der Waals surface area contributed by atoms with Crippen molar-refractivity contribution in [2.45, 2.75) is 25.3 Å². The number of benzene rings is 1. The van der Waals surface area contributed by atoms with Crippen LogP contribution in [0.25, 0.3) is 0 Å². The van der Waals surface area contributed by atoms with E-state index in [0.717, 1.165) is 41.4 Å². The van der Waals surface area contributed by atoms with Crippen LogP contribution in [0.4, 0.5) is 11.4 Å². The van der Waals surface area contributed by atoms with Crippen LogP contribution in [0, 0.1) is 0 Å². The largest absolute Gasteiger partial charge is 0.326 e. The summed E-state index contributed by atoms with van der Waals surface area (Å²) in [5, 5.41) is 9.12. The van der Waals surface area contributed by atoms with E-state index < -0.39 is 0 Å². The van der Waals surface area contributed by atoms with E-state index in [1.165, 1.54) is 0 Å². The number of rotatable bonds is 3. The van der Waals surface area contributed by atoms with E-state index in [1.54, 1.807) is 0 Å². The van der Waals surface area contributed by atoms with Gasteiger partial charge in [0.1, 0.15) is 0 Å². The third-order valence-electron chi connectivity index (χ3n) is 3.72. The van der Waals surface area contributed by atoms with Crippen molar-refractivity contribution in [3.05, 3.63) is 23.8 Å². The fourth-order valence-corrected chi connectivity index (χ4v) is 3.59. The Bertz CT molecular complexity index is 562. The first kappa shape index (κ1) is 17.1. The molecule has 1 saturated heterocycles. The van der Waals surface area contributed by atoms with Crippen molar-refractivity contribution in [3.63, 3.8) is 0 Å². The molecule has 5 nitrogen and oxygen atoms in total. The van der Waals surface area contributed by atoms with Crippen molar-refractivity contribution in [2.24, 2.45) is 0 Å². The summed E-state index contributed by atoms with van der Waals surface area (Å²) in [6, 6.07) is 5.96. The van der Waals surface area contributed by atoms with Crippen molar-refractivity contribution >= 4 is 47.4 Å². The number of amides is 2. The molecule has 2 aliphatic heterocycles. The van der Waals surface area contributed by atoms with E-state index in [2.05, 4.69) is 16.0 Å². The normalized spacial score (nSPS) is 20.4. The topological polar surface area (TPSA) is 70.2 Å². The Morgan fingerprint density at radius 1 is 1.36 bits per heavy atom. The van der Waals surface area contributed by atoms with Gasteiger partial charge in [-0.1, -0.05) is 6.07 Å². The highest BCUT2D eigenvalue weighted by atomic mass is 35.5. The SMILES string of the molecule is Cl.O=C(CC1CSCCN1)Nc1ccc2c(c1)NC(=O)CC2. The predicted octanol–water partition coefficient (Wildman–Crippen LogP) is 2.03. The average molecular weight is 342 g/mol. The minimum atomic E-state index is 0. The van der Waals surface area contributed by atoms with Crippen LogP contribution in [0.3, 0.4) is 0 Å². The minimum absolute atomic E-state index is 0. The molecule has 1 unspecified atom stereocenters. The van der Waals surface area contributed by atoms with Gasteiger partial charge in [-0.3, -0.25) is 9.59 Å². The molecular weight excluding hydrogens is 322 g/mol. The van der Waals surface area contributed by atoms with Crippen LogP contribution in [0.15, 0.2) is 18.2 Å². The molecule has 0 aromatic heterocycles. The van der Waals surface area contributed by atoms with Gasteiger partial charge in [-0.25, -0.2) is 0 Å². The fourth-order valence-electron chi connectivity index (χ4n) is 2.64. The summed E-state index contributed by atoms with van der Waals surface area (Å²) < 4.78 is 0. The molecule has 1 aromatic rings. The van der Waals surface area contributed by atoms with Gasteiger partial charge in [0.15, 0.2) is 0 Å². The van der Waals surface area contributed by atoms with Crippen LogP contribution in [0.2, 0.25) is 0 Å². The van der Waals surface area contributed by atoms with Crippen LogP contribution < -0.4 is 16.0 Å². The van der Waals surface area contributed by atoms with E-state index in [-0.39, 0.29) is 30.3 Å². The molecule has 2 heterocycles. The van der Waals surface area contributed by atoms with Crippen LogP contribution in [0.1, 0.15) is 18.4 Å². The predicted molar refractivity (Wildman–Crippen MR) is 93.0 cm³/mol. The lowest BCUT2D eigenvalue weighted by Crippen LogP contribution is -2.39. The average Bonchev–Trinajstić information content (AvgIpc) is 2.47. The summed E-state index contributed by atoms with van der Waals surface area (Å²) in [6.07, 6.45) is 1.78. The maximum absolute atomic E-state index is 12.1. The number of anilines is 2. The number of hydrogen-bond acceptors (Lipinski definition) is 4. The molecule has 0 aliphatic carbocycles. The van der Waals surface area contributed by atoms with Gasteiger partial charge >= 0.3 is 0 Å². The van der Waals surface area contributed by atoms with Crippen molar-refractivity contribution < 1.29 is 9.59 Å². The molecule has 1 fully saturated rings. The van der Waals surface area contributed by atoms with E-state index in [1.807, 2.05) is 30.0 Å². The third kappa shape index (κ3) is 4.38. The molecule has 0 bridgehead atoms. The Labute approximate surface area is 140 Å². The molecule has 1 aromatic carbocycles. The van der Waals surface area contributed by atoms with E-state index >= 15 is 0 Å². The van der Waals surface area contributed by atoms with Crippen molar-refractivity contribution in [1.82, 2.24) is 5.32 Å². The second-order valence-electron chi connectivity index (χ2n) is 5.40. The highest BCUT2D eigenvalue weighted by Crippen LogP contribution is 2.26. The Hall–Kier alpha value is -1.24. The van der Waals surface area contributed by atoms with Gasteiger partial charge < -0.3 is 16.0 Å².